The van der Waals surface area contributed by atoms with E-state index in [2.05, 4.69) is 77.8 Å². The quantitative estimate of drug-likeness (QED) is 0.308. The standard InChI is InChI=1S/C28H16N2O/c29-15-18-13-21(17-30-16-18)19-9-11-20(12-10-19)25-14-27-28(23-6-2-1-5-22(23)25)24-7-3-4-8-26(24)31-27/h1-14,16-17H. The van der Waals surface area contributed by atoms with Crippen LogP contribution in [0.15, 0.2) is 102 Å². The van der Waals surface area contributed by atoms with Crippen LogP contribution in [0.5, 0.6) is 0 Å². The highest BCUT2D eigenvalue weighted by Gasteiger charge is 2.14. The lowest BCUT2D eigenvalue weighted by atomic mass is 9.94. The summed E-state index contributed by atoms with van der Waals surface area (Å²) in [5, 5.41) is 13.8. The second-order valence-corrected chi connectivity index (χ2v) is 7.59. The Bertz CT molecular complexity index is 1640. The van der Waals surface area contributed by atoms with Crippen LogP contribution in [0.4, 0.5) is 0 Å². The third-order valence-electron chi connectivity index (χ3n) is 5.78. The zero-order valence-corrected chi connectivity index (χ0v) is 16.5. The van der Waals surface area contributed by atoms with E-state index in [1.807, 2.05) is 18.2 Å². The van der Waals surface area contributed by atoms with Gasteiger partial charge in [-0.2, -0.15) is 5.26 Å². The van der Waals surface area contributed by atoms with Crippen molar-refractivity contribution in [3.63, 3.8) is 0 Å². The maximum atomic E-state index is 9.14. The summed E-state index contributed by atoms with van der Waals surface area (Å²) < 4.78 is 6.20. The number of fused-ring (bicyclic) bond motifs is 5. The molecule has 0 unspecified atom stereocenters. The van der Waals surface area contributed by atoms with Gasteiger partial charge in [0.2, 0.25) is 0 Å². The highest BCUT2D eigenvalue weighted by atomic mass is 16.3. The summed E-state index contributed by atoms with van der Waals surface area (Å²) in [6.45, 7) is 0. The largest absolute Gasteiger partial charge is 0.456 e. The number of nitrogens with zero attached hydrogens (tertiary/aromatic N) is 2. The molecular formula is C28H16N2O. The second kappa shape index (κ2) is 6.83. The summed E-state index contributed by atoms with van der Waals surface area (Å²) >= 11 is 0. The van der Waals surface area contributed by atoms with Crippen molar-refractivity contribution in [3.8, 4) is 28.3 Å². The Morgan fingerprint density at radius 1 is 0.645 bits per heavy atom. The molecule has 0 N–H and O–H groups in total. The van der Waals surface area contributed by atoms with Gasteiger partial charge in [-0.1, -0.05) is 66.7 Å². The zero-order chi connectivity index (χ0) is 20.8. The molecule has 3 heteroatoms. The van der Waals surface area contributed by atoms with Crippen LogP contribution in [0.3, 0.4) is 0 Å². The van der Waals surface area contributed by atoms with Gasteiger partial charge < -0.3 is 4.42 Å². The number of aromatic nitrogens is 1. The van der Waals surface area contributed by atoms with Gasteiger partial charge in [-0.25, -0.2) is 0 Å². The molecule has 144 valence electrons. The van der Waals surface area contributed by atoms with E-state index in [-0.39, 0.29) is 0 Å². The molecule has 0 spiro atoms. The van der Waals surface area contributed by atoms with Gasteiger partial charge in [-0.15, -0.1) is 0 Å². The summed E-state index contributed by atoms with van der Waals surface area (Å²) in [7, 11) is 0. The van der Waals surface area contributed by atoms with Crippen molar-refractivity contribution in [1.82, 2.24) is 4.98 Å². The first kappa shape index (κ1) is 17.4. The molecule has 0 aliphatic carbocycles. The highest BCUT2D eigenvalue weighted by molar-refractivity contribution is 6.22. The first-order valence-electron chi connectivity index (χ1n) is 10.1. The number of nitriles is 1. The molecule has 0 saturated heterocycles. The Hall–Kier alpha value is -4.42. The van der Waals surface area contributed by atoms with E-state index < -0.39 is 0 Å². The average molecular weight is 396 g/mol. The monoisotopic (exact) mass is 396 g/mol. The average Bonchev–Trinajstić information content (AvgIpc) is 3.22. The van der Waals surface area contributed by atoms with Crippen molar-refractivity contribution >= 4 is 32.7 Å². The van der Waals surface area contributed by atoms with Crippen LogP contribution in [-0.2, 0) is 0 Å². The number of furan rings is 1. The minimum Gasteiger partial charge on any atom is -0.456 e. The number of benzene rings is 4. The number of para-hydroxylation sites is 1. The maximum absolute atomic E-state index is 9.14. The first-order valence-corrected chi connectivity index (χ1v) is 10.1. The van der Waals surface area contributed by atoms with Gasteiger partial charge in [-0.05, 0) is 45.7 Å². The number of hydrogen-bond donors (Lipinski definition) is 0. The van der Waals surface area contributed by atoms with Crippen molar-refractivity contribution in [1.29, 1.82) is 5.26 Å². The lowest BCUT2D eigenvalue weighted by molar-refractivity contribution is 0.669. The van der Waals surface area contributed by atoms with Crippen LogP contribution in [-0.4, -0.2) is 4.98 Å². The number of pyridine rings is 1. The van der Waals surface area contributed by atoms with Gasteiger partial charge in [0, 0.05) is 28.7 Å². The van der Waals surface area contributed by atoms with Crippen LogP contribution >= 0.6 is 0 Å². The van der Waals surface area contributed by atoms with E-state index in [1.165, 1.54) is 10.8 Å². The van der Waals surface area contributed by atoms with Crippen molar-refractivity contribution in [3.05, 3.63) is 103 Å². The summed E-state index contributed by atoms with van der Waals surface area (Å²) in [6, 6.07) is 31.2. The molecule has 0 fully saturated rings. The van der Waals surface area contributed by atoms with Crippen molar-refractivity contribution < 1.29 is 4.42 Å². The van der Waals surface area contributed by atoms with E-state index in [9.17, 15) is 0 Å². The van der Waals surface area contributed by atoms with Crippen molar-refractivity contribution in [2.75, 3.05) is 0 Å². The molecule has 0 amide bonds. The normalized spacial score (nSPS) is 11.2. The molecule has 3 nitrogen and oxygen atoms in total. The maximum Gasteiger partial charge on any atom is 0.136 e. The smallest absolute Gasteiger partial charge is 0.136 e. The summed E-state index contributed by atoms with van der Waals surface area (Å²) in [5.41, 5.74) is 6.57. The van der Waals surface area contributed by atoms with Crippen LogP contribution in [0.2, 0.25) is 0 Å². The van der Waals surface area contributed by atoms with Crippen LogP contribution in [0.1, 0.15) is 5.56 Å². The second-order valence-electron chi connectivity index (χ2n) is 7.59. The predicted molar refractivity (Wildman–Crippen MR) is 125 cm³/mol. The summed E-state index contributed by atoms with van der Waals surface area (Å²) in [6.07, 6.45) is 3.36. The number of rotatable bonds is 2. The first-order chi connectivity index (χ1) is 15.3. The van der Waals surface area contributed by atoms with Crippen LogP contribution in [0.25, 0.3) is 55.0 Å². The lowest BCUT2D eigenvalue weighted by Crippen LogP contribution is -1.85. The lowest BCUT2D eigenvalue weighted by Gasteiger charge is -2.10. The van der Waals surface area contributed by atoms with Gasteiger partial charge in [0.25, 0.3) is 0 Å². The molecule has 0 aliphatic rings. The van der Waals surface area contributed by atoms with E-state index >= 15 is 0 Å². The van der Waals surface area contributed by atoms with E-state index in [0.29, 0.717) is 5.56 Å². The van der Waals surface area contributed by atoms with Crippen molar-refractivity contribution in [2.24, 2.45) is 0 Å². The molecule has 2 aromatic heterocycles. The third-order valence-corrected chi connectivity index (χ3v) is 5.78. The Labute approximate surface area is 178 Å². The zero-order valence-electron chi connectivity index (χ0n) is 16.5. The van der Waals surface area contributed by atoms with Gasteiger partial charge in [0.05, 0.1) is 5.56 Å². The van der Waals surface area contributed by atoms with E-state index in [0.717, 1.165) is 44.2 Å². The molecule has 31 heavy (non-hydrogen) atoms. The predicted octanol–water partition coefficient (Wildman–Crippen LogP) is 7.34. The van der Waals surface area contributed by atoms with Crippen molar-refractivity contribution in [2.45, 2.75) is 0 Å². The van der Waals surface area contributed by atoms with Gasteiger partial charge in [0.15, 0.2) is 0 Å². The fourth-order valence-electron chi connectivity index (χ4n) is 4.33. The SMILES string of the molecule is N#Cc1cncc(-c2ccc(-c3cc4oc5ccccc5c4c4ccccc34)cc2)c1. The molecule has 0 saturated carbocycles. The Kier molecular flexibility index (Phi) is 3.84. The van der Waals surface area contributed by atoms with Gasteiger partial charge in [-0.3, -0.25) is 4.98 Å². The fourth-order valence-corrected chi connectivity index (χ4v) is 4.33. The molecule has 4 aromatic carbocycles. The molecule has 0 atom stereocenters. The van der Waals surface area contributed by atoms with Crippen LogP contribution in [0, 0.1) is 11.3 Å². The summed E-state index contributed by atoms with van der Waals surface area (Å²) in [5.74, 6) is 0. The molecule has 6 rings (SSSR count). The summed E-state index contributed by atoms with van der Waals surface area (Å²) in [4.78, 5) is 4.17. The molecule has 0 aliphatic heterocycles. The Morgan fingerprint density at radius 3 is 2.16 bits per heavy atom. The molecular weight excluding hydrogens is 380 g/mol. The number of hydrogen-bond acceptors (Lipinski definition) is 3. The molecule has 0 bridgehead atoms. The van der Waals surface area contributed by atoms with Gasteiger partial charge >= 0.3 is 0 Å². The fraction of sp³-hybridized carbons (Fsp3) is 0. The molecule has 2 heterocycles. The Balaban J connectivity index is 1.55. The third kappa shape index (κ3) is 2.78. The van der Waals surface area contributed by atoms with Crippen LogP contribution < -0.4 is 0 Å². The highest BCUT2D eigenvalue weighted by Crippen LogP contribution is 2.40. The minimum atomic E-state index is 0.558. The molecule has 6 aromatic rings. The minimum absolute atomic E-state index is 0.558. The van der Waals surface area contributed by atoms with E-state index in [1.54, 1.807) is 12.4 Å². The van der Waals surface area contributed by atoms with Gasteiger partial charge in [0.1, 0.15) is 17.2 Å². The van der Waals surface area contributed by atoms with E-state index in [4.69, 9.17) is 9.68 Å². The Morgan fingerprint density at radius 2 is 1.35 bits per heavy atom. The topological polar surface area (TPSA) is 49.8 Å². The molecule has 0 radical (unpaired) electrons.